The fourth-order valence-electron chi connectivity index (χ4n) is 1.61. The molecule has 4 nitrogen and oxygen atoms in total. The van der Waals surface area contributed by atoms with Crippen LogP contribution in [-0.2, 0) is 9.53 Å². The number of rotatable bonds is 3. The highest BCUT2D eigenvalue weighted by Gasteiger charge is 2.23. The molecule has 4 heteroatoms. The van der Waals surface area contributed by atoms with Crippen LogP contribution in [0.1, 0.15) is 27.2 Å². The first-order valence-corrected chi connectivity index (χ1v) is 5.65. The van der Waals surface area contributed by atoms with Crippen molar-refractivity contribution in [3.8, 4) is 0 Å². The Morgan fingerprint density at radius 3 is 2.80 bits per heavy atom. The van der Waals surface area contributed by atoms with Crippen molar-refractivity contribution in [2.24, 2.45) is 11.7 Å². The summed E-state index contributed by atoms with van der Waals surface area (Å²) in [6.45, 7) is 8.11. The van der Waals surface area contributed by atoms with Crippen molar-refractivity contribution < 1.29 is 9.53 Å². The molecule has 2 N–H and O–H groups in total. The smallest absolute Gasteiger partial charge is 0.224 e. The zero-order valence-corrected chi connectivity index (χ0v) is 9.90. The van der Waals surface area contributed by atoms with E-state index in [0.717, 1.165) is 0 Å². The van der Waals surface area contributed by atoms with Crippen LogP contribution < -0.4 is 5.73 Å². The van der Waals surface area contributed by atoms with Gasteiger partial charge in [-0.25, -0.2) is 0 Å². The lowest BCUT2D eigenvalue weighted by atomic mass is 10.0. The molecule has 1 amide bonds. The predicted octanol–water partition coefficient (Wildman–Crippen LogP) is 0.607. The van der Waals surface area contributed by atoms with E-state index in [-0.39, 0.29) is 18.1 Å². The molecule has 0 bridgehead atoms. The summed E-state index contributed by atoms with van der Waals surface area (Å²) in [5.41, 5.74) is 5.88. The molecule has 88 valence electrons. The zero-order chi connectivity index (χ0) is 11.4. The van der Waals surface area contributed by atoms with Gasteiger partial charge in [0.1, 0.15) is 0 Å². The fraction of sp³-hybridized carbons (Fsp3) is 0.909. The Bertz CT molecular complexity index is 219. The molecule has 1 saturated heterocycles. The molecular formula is C11H22N2O2. The summed E-state index contributed by atoms with van der Waals surface area (Å²) in [7, 11) is 0. The number of morpholine rings is 1. The van der Waals surface area contributed by atoms with Crippen molar-refractivity contribution in [1.82, 2.24) is 4.90 Å². The van der Waals surface area contributed by atoms with Gasteiger partial charge in [0.05, 0.1) is 12.7 Å². The molecule has 2 unspecified atom stereocenters. The third kappa shape index (κ3) is 3.80. The van der Waals surface area contributed by atoms with E-state index in [1.807, 2.05) is 25.7 Å². The van der Waals surface area contributed by atoms with E-state index < -0.39 is 0 Å². The highest BCUT2D eigenvalue weighted by atomic mass is 16.5. The number of carbonyl (C=O) groups excluding carboxylic acids is 1. The Morgan fingerprint density at radius 1 is 1.60 bits per heavy atom. The standard InChI is InChI=1S/C11H22N2O2/c1-8(2)10(12)6-11(14)13-4-5-15-9(3)7-13/h8-10H,4-7,12H2,1-3H3. The second kappa shape index (κ2) is 5.47. The molecule has 1 heterocycles. The minimum atomic E-state index is -0.0318. The van der Waals surface area contributed by atoms with E-state index in [1.165, 1.54) is 0 Å². The number of ether oxygens (including phenoxy) is 1. The number of hydrogen-bond acceptors (Lipinski definition) is 3. The molecule has 1 rings (SSSR count). The molecule has 0 aromatic rings. The lowest BCUT2D eigenvalue weighted by molar-refractivity contribution is -0.138. The average Bonchev–Trinajstić information content (AvgIpc) is 2.17. The number of nitrogens with zero attached hydrogens (tertiary/aromatic N) is 1. The quantitative estimate of drug-likeness (QED) is 0.749. The van der Waals surface area contributed by atoms with Crippen molar-refractivity contribution in [3.63, 3.8) is 0 Å². The van der Waals surface area contributed by atoms with Crippen LogP contribution in [-0.4, -0.2) is 42.6 Å². The molecule has 0 aromatic carbocycles. The molecule has 0 aromatic heterocycles. The van der Waals surface area contributed by atoms with Crippen molar-refractivity contribution in [2.45, 2.75) is 39.3 Å². The van der Waals surface area contributed by atoms with Crippen LogP contribution in [0.5, 0.6) is 0 Å². The SMILES string of the molecule is CC1CN(C(=O)CC(N)C(C)C)CCO1. The number of carbonyl (C=O) groups is 1. The first kappa shape index (κ1) is 12.5. The Kier molecular flexibility index (Phi) is 4.54. The molecule has 1 fully saturated rings. The molecule has 0 aliphatic carbocycles. The summed E-state index contributed by atoms with van der Waals surface area (Å²) in [4.78, 5) is 13.7. The Morgan fingerprint density at radius 2 is 2.27 bits per heavy atom. The minimum absolute atomic E-state index is 0.0318. The molecule has 1 aliphatic heterocycles. The summed E-state index contributed by atoms with van der Waals surface area (Å²) in [5.74, 6) is 0.513. The van der Waals surface area contributed by atoms with Crippen LogP contribution in [0.15, 0.2) is 0 Å². The van der Waals surface area contributed by atoms with E-state index in [2.05, 4.69) is 0 Å². The topological polar surface area (TPSA) is 55.6 Å². The van der Waals surface area contributed by atoms with Crippen LogP contribution in [0.25, 0.3) is 0 Å². The van der Waals surface area contributed by atoms with Crippen molar-refractivity contribution >= 4 is 5.91 Å². The van der Waals surface area contributed by atoms with Crippen LogP contribution in [0.2, 0.25) is 0 Å². The highest BCUT2D eigenvalue weighted by Crippen LogP contribution is 2.09. The number of nitrogens with two attached hydrogens (primary N) is 1. The molecule has 2 atom stereocenters. The third-order valence-electron chi connectivity index (χ3n) is 2.86. The number of hydrogen-bond donors (Lipinski definition) is 1. The van der Waals surface area contributed by atoms with Crippen molar-refractivity contribution in [3.05, 3.63) is 0 Å². The third-order valence-corrected chi connectivity index (χ3v) is 2.86. The van der Waals surface area contributed by atoms with Gasteiger partial charge in [0.15, 0.2) is 0 Å². The monoisotopic (exact) mass is 214 g/mol. The molecule has 15 heavy (non-hydrogen) atoms. The fourth-order valence-corrected chi connectivity index (χ4v) is 1.61. The molecule has 0 saturated carbocycles. The van der Waals surface area contributed by atoms with E-state index in [4.69, 9.17) is 10.5 Å². The molecule has 1 aliphatic rings. The van der Waals surface area contributed by atoms with E-state index in [0.29, 0.717) is 32.0 Å². The summed E-state index contributed by atoms with van der Waals surface area (Å²) >= 11 is 0. The lowest BCUT2D eigenvalue weighted by Crippen LogP contribution is -2.46. The van der Waals surface area contributed by atoms with Crippen molar-refractivity contribution in [1.29, 1.82) is 0 Å². The van der Waals surface area contributed by atoms with Crippen LogP contribution in [0, 0.1) is 5.92 Å². The Balaban J connectivity index is 2.39. The van der Waals surface area contributed by atoms with Crippen LogP contribution in [0.3, 0.4) is 0 Å². The summed E-state index contributed by atoms with van der Waals surface area (Å²) in [5, 5.41) is 0. The molecule has 0 radical (unpaired) electrons. The largest absolute Gasteiger partial charge is 0.375 e. The first-order valence-electron chi connectivity index (χ1n) is 5.65. The van der Waals surface area contributed by atoms with Gasteiger partial charge in [-0.05, 0) is 12.8 Å². The van der Waals surface area contributed by atoms with Crippen LogP contribution in [0.4, 0.5) is 0 Å². The second-order valence-electron chi connectivity index (χ2n) is 4.63. The van der Waals surface area contributed by atoms with Gasteiger partial charge in [0, 0.05) is 25.6 Å². The summed E-state index contributed by atoms with van der Waals surface area (Å²) in [6.07, 6.45) is 0.600. The second-order valence-corrected chi connectivity index (χ2v) is 4.63. The lowest BCUT2D eigenvalue weighted by Gasteiger charge is -2.32. The first-order chi connectivity index (χ1) is 7.00. The van der Waals surface area contributed by atoms with Gasteiger partial charge in [-0.2, -0.15) is 0 Å². The highest BCUT2D eigenvalue weighted by molar-refractivity contribution is 5.77. The maximum absolute atomic E-state index is 11.8. The van der Waals surface area contributed by atoms with E-state index in [1.54, 1.807) is 0 Å². The van der Waals surface area contributed by atoms with Gasteiger partial charge in [0.2, 0.25) is 5.91 Å². The van der Waals surface area contributed by atoms with E-state index in [9.17, 15) is 4.79 Å². The van der Waals surface area contributed by atoms with E-state index >= 15 is 0 Å². The summed E-state index contributed by atoms with van der Waals surface area (Å²) < 4.78 is 5.39. The van der Waals surface area contributed by atoms with Crippen molar-refractivity contribution in [2.75, 3.05) is 19.7 Å². The molecule has 0 spiro atoms. The summed E-state index contributed by atoms with van der Waals surface area (Å²) in [6, 6.07) is -0.0318. The Hall–Kier alpha value is -0.610. The van der Waals surface area contributed by atoms with Gasteiger partial charge < -0.3 is 15.4 Å². The van der Waals surface area contributed by atoms with Gasteiger partial charge in [-0.15, -0.1) is 0 Å². The Labute approximate surface area is 91.8 Å². The molecular weight excluding hydrogens is 192 g/mol. The zero-order valence-electron chi connectivity index (χ0n) is 9.90. The maximum atomic E-state index is 11.8. The normalized spacial score (nSPS) is 24.3. The van der Waals surface area contributed by atoms with Gasteiger partial charge in [0.25, 0.3) is 0 Å². The van der Waals surface area contributed by atoms with Crippen LogP contribution >= 0.6 is 0 Å². The van der Waals surface area contributed by atoms with Gasteiger partial charge >= 0.3 is 0 Å². The minimum Gasteiger partial charge on any atom is -0.375 e. The van der Waals surface area contributed by atoms with Gasteiger partial charge in [-0.1, -0.05) is 13.8 Å². The van der Waals surface area contributed by atoms with Gasteiger partial charge in [-0.3, -0.25) is 4.79 Å². The average molecular weight is 214 g/mol. The number of amides is 1. The maximum Gasteiger partial charge on any atom is 0.224 e. The predicted molar refractivity (Wildman–Crippen MR) is 59.4 cm³/mol.